The minimum Gasteiger partial charge on any atom is -0.322 e. The number of hydrogen-bond acceptors (Lipinski definition) is 5. The van der Waals surface area contributed by atoms with Crippen LogP contribution in [0.15, 0.2) is 47.4 Å². The maximum absolute atomic E-state index is 12.7. The summed E-state index contributed by atoms with van der Waals surface area (Å²) in [7, 11) is -7.03. The van der Waals surface area contributed by atoms with E-state index in [0.717, 1.165) is 18.4 Å². The third kappa shape index (κ3) is 5.63. The summed E-state index contributed by atoms with van der Waals surface area (Å²) < 4.78 is 52.7. The van der Waals surface area contributed by atoms with Crippen molar-refractivity contribution in [2.24, 2.45) is 0 Å². The van der Waals surface area contributed by atoms with Crippen molar-refractivity contribution in [3.8, 4) is 0 Å². The Morgan fingerprint density at radius 1 is 1.10 bits per heavy atom. The number of anilines is 2. The molecule has 0 bridgehead atoms. The summed E-state index contributed by atoms with van der Waals surface area (Å²) in [6.45, 7) is 2.75. The van der Waals surface area contributed by atoms with Crippen LogP contribution >= 0.6 is 0 Å². The minimum atomic E-state index is -3.65. The zero-order chi connectivity index (χ0) is 22.6. The molecule has 1 aliphatic rings. The molecule has 8 nitrogen and oxygen atoms in total. The van der Waals surface area contributed by atoms with Crippen molar-refractivity contribution in [2.45, 2.75) is 37.5 Å². The van der Waals surface area contributed by atoms with Crippen LogP contribution in [0.3, 0.4) is 0 Å². The molecule has 2 aromatic rings. The number of nitrogens with zero attached hydrogens (tertiary/aromatic N) is 1. The Morgan fingerprint density at radius 3 is 2.58 bits per heavy atom. The number of fused-ring (bicyclic) bond motifs is 1. The molecule has 0 spiro atoms. The van der Waals surface area contributed by atoms with Crippen molar-refractivity contribution < 1.29 is 21.6 Å². The Labute approximate surface area is 183 Å². The molecule has 168 valence electrons. The second-order valence-corrected chi connectivity index (χ2v) is 11.2. The Balaban J connectivity index is 1.78. The molecule has 0 radical (unpaired) electrons. The molecule has 31 heavy (non-hydrogen) atoms. The molecule has 1 heterocycles. The van der Waals surface area contributed by atoms with Gasteiger partial charge in [-0.05, 0) is 61.2 Å². The van der Waals surface area contributed by atoms with E-state index in [2.05, 4.69) is 10.0 Å². The van der Waals surface area contributed by atoms with E-state index in [1.807, 2.05) is 6.92 Å². The predicted molar refractivity (Wildman–Crippen MR) is 121 cm³/mol. The smallest absolute Gasteiger partial charge is 0.255 e. The fourth-order valence-electron chi connectivity index (χ4n) is 3.46. The summed E-state index contributed by atoms with van der Waals surface area (Å²) in [5, 5.41) is 2.72. The van der Waals surface area contributed by atoms with Gasteiger partial charge in [-0.15, -0.1) is 0 Å². The number of nitrogens with one attached hydrogen (secondary N) is 2. The number of carbonyl (C=O) groups excluding carboxylic acids is 1. The lowest BCUT2D eigenvalue weighted by Crippen LogP contribution is -2.34. The van der Waals surface area contributed by atoms with Crippen molar-refractivity contribution in [1.82, 2.24) is 4.72 Å². The van der Waals surface area contributed by atoms with E-state index in [1.165, 1.54) is 22.7 Å². The summed E-state index contributed by atoms with van der Waals surface area (Å²) in [4.78, 5) is 12.8. The minimum absolute atomic E-state index is 0.0793. The molecule has 0 aliphatic carbocycles. The van der Waals surface area contributed by atoms with Crippen molar-refractivity contribution in [3.05, 3.63) is 53.6 Å². The maximum atomic E-state index is 12.7. The molecule has 10 heteroatoms. The van der Waals surface area contributed by atoms with Crippen molar-refractivity contribution in [1.29, 1.82) is 0 Å². The fourth-order valence-corrected chi connectivity index (χ4v) is 5.57. The number of unbranched alkanes of at least 4 members (excludes halogenated alkanes) is 1. The standard InChI is InChI=1S/C21H27N3O5S2/c1-3-4-12-22-31(28,29)19-9-5-8-18(15-19)23-21(25)17-10-11-20-16(14-17)7-6-13-24(20)30(2,26)27/h5,8-11,14-15,22H,3-4,6-7,12-13H2,1-2H3,(H,23,25). The van der Waals surface area contributed by atoms with E-state index in [-0.39, 0.29) is 4.90 Å². The number of benzene rings is 2. The van der Waals surface area contributed by atoms with Crippen LogP contribution in [-0.4, -0.2) is 42.1 Å². The molecule has 2 aromatic carbocycles. The Kier molecular flexibility index (Phi) is 7.03. The highest BCUT2D eigenvalue weighted by molar-refractivity contribution is 7.92. The topological polar surface area (TPSA) is 113 Å². The quantitative estimate of drug-likeness (QED) is 0.582. The van der Waals surface area contributed by atoms with Crippen LogP contribution in [0.25, 0.3) is 0 Å². The van der Waals surface area contributed by atoms with E-state index in [4.69, 9.17) is 0 Å². The van der Waals surface area contributed by atoms with Crippen LogP contribution in [0.2, 0.25) is 0 Å². The van der Waals surface area contributed by atoms with Gasteiger partial charge in [0, 0.05) is 24.3 Å². The number of amides is 1. The number of rotatable bonds is 8. The third-order valence-corrected chi connectivity index (χ3v) is 7.68. The largest absolute Gasteiger partial charge is 0.322 e. The van der Waals surface area contributed by atoms with Gasteiger partial charge in [-0.2, -0.15) is 0 Å². The first kappa shape index (κ1) is 23.2. The lowest BCUT2D eigenvalue weighted by molar-refractivity contribution is 0.102. The summed E-state index contributed by atoms with van der Waals surface area (Å²) in [6.07, 6.45) is 4.14. The van der Waals surface area contributed by atoms with Gasteiger partial charge in [-0.25, -0.2) is 21.6 Å². The summed E-state index contributed by atoms with van der Waals surface area (Å²) in [5.74, 6) is -0.396. The zero-order valence-electron chi connectivity index (χ0n) is 17.6. The summed E-state index contributed by atoms with van der Waals surface area (Å²) in [5.41, 5.74) is 2.12. The van der Waals surface area contributed by atoms with E-state index in [1.54, 1.807) is 30.3 Å². The van der Waals surface area contributed by atoms with E-state index < -0.39 is 26.0 Å². The molecule has 3 rings (SSSR count). The molecule has 0 unspecified atom stereocenters. The van der Waals surface area contributed by atoms with Gasteiger partial charge in [0.05, 0.1) is 16.8 Å². The fraction of sp³-hybridized carbons (Fsp3) is 0.381. The van der Waals surface area contributed by atoms with Gasteiger partial charge >= 0.3 is 0 Å². The van der Waals surface area contributed by atoms with Crippen LogP contribution < -0.4 is 14.3 Å². The maximum Gasteiger partial charge on any atom is 0.255 e. The molecular weight excluding hydrogens is 438 g/mol. The molecule has 0 saturated carbocycles. The SMILES string of the molecule is CCCCNS(=O)(=O)c1cccc(NC(=O)c2ccc3c(c2)CCCN3S(C)(=O)=O)c1. The third-order valence-electron chi connectivity index (χ3n) is 5.04. The van der Waals surface area contributed by atoms with Gasteiger partial charge < -0.3 is 5.32 Å². The highest BCUT2D eigenvalue weighted by Gasteiger charge is 2.24. The second kappa shape index (κ2) is 9.37. The molecule has 0 saturated heterocycles. The predicted octanol–water partition coefficient (Wildman–Crippen LogP) is 2.73. The van der Waals surface area contributed by atoms with Crippen molar-refractivity contribution in [2.75, 3.05) is 29.0 Å². The van der Waals surface area contributed by atoms with Crippen LogP contribution in [0.5, 0.6) is 0 Å². The number of sulfonamides is 2. The molecule has 0 fully saturated rings. The average molecular weight is 466 g/mol. The van der Waals surface area contributed by atoms with Gasteiger partial charge in [-0.3, -0.25) is 9.10 Å². The van der Waals surface area contributed by atoms with Gasteiger partial charge in [0.1, 0.15) is 0 Å². The first-order valence-corrected chi connectivity index (χ1v) is 13.5. The normalized spacial score (nSPS) is 14.2. The number of hydrogen-bond donors (Lipinski definition) is 2. The van der Waals surface area contributed by atoms with E-state index in [9.17, 15) is 21.6 Å². The summed E-state index contributed by atoms with van der Waals surface area (Å²) >= 11 is 0. The molecule has 0 aromatic heterocycles. The Hall–Kier alpha value is -2.43. The summed E-state index contributed by atoms with van der Waals surface area (Å²) in [6, 6.07) is 11.0. The van der Waals surface area contributed by atoms with Crippen LogP contribution in [0.4, 0.5) is 11.4 Å². The van der Waals surface area contributed by atoms with Gasteiger partial charge in [-0.1, -0.05) is 19.4 Å². The van der Waals surface area contributed by atoms with Crippen molar-refractivity contribution in [3.63, 3.8) is 0 Å². The van der Waals surface area contributed by atoms with Crippen LogP contribution in [0, 0.1) is 0 Å². The van der Waals surface area contributed by atoms with Gasteiger partial charge in [0.15, 0.2) is 0 Å². The average Bonchev–Trinajstić information content (AvgIpc) is 2.72. The van der Waals surface area contributed by atoms with Crippen LogP contribution in [-0.2, 0) is 26.5 Å². The lowest BCUT2D eigenvalue weighted by atomic mass is 10.0. The zero-order valence-corrected chi connectivity index (χ0v) is 19.2. The molecular formula is C21H27N3O5S2. The monoisotopic (exact) mass is 465 g/mol. The Morgan fingerprint density at radius 2 is 1.87 bits per heavy atom. The number of aryl methyl sites for hydroxylation is 1. The van der Waals surface area contributed by atoms with Crippen molar-refractivity contribution >= 4 is 37.3 Å². The first-order chi connectivity index (χ1) is 14.6. The van der Waals surface area contributed by atoms with Gasteiger partial charge in [0.2, 0.25) is 20.0 Å². The Bertz CT molecular complexity index is 1180. The second-order valence-electron chi connectivity index (χ2n) is 7.52. The molecule has 1 aliphatic heterocycles. The highest BCUT2D eigenvalue weighted by Crippen LogP contribution is 2.30. The van der Waals surface area contributed by atoms with Crippen LogP contribution in [0.1, 0.15) is 42.1 Å². The molecule has 0 atom stereocenters. The highest BCUT2D eigenvalue weighted by atomic mass is 32.2. The number of carbonyl (C=O) groups is 1. The first-order valence-electron chi connectivity index (χ1n) is 10.1. The van der Waals surface area contributed by atoms with Gasteiger partial charge in [0.25, 0.3) is 5.91 Å². The van der Waals surface area contributed by atoms with E-state index in [0.29, 0.717) is 42.9 Å². The lowest BCUT2D eigenvalue weighted by Gasteiger charge is -2.29. The molecule has 2 N–H and O–H groups in total. The molecule has 1 amide bonds. The van der Waals surface area contributed by atoms with E-state index >= 15 is 0 Å².